The van der Waals surface area contributed by atoms with Crippen LogP contribution in [-0.2, 0) is 22.7 Å². The number of amides is 2. The molecule has 1 N–H and O–H groups in total. The minimum absolute atomic E-state index is 0.102. The molecule has 2 aromatic carbocycles. The largest absolute Gasteiger partial charge is 0.338 e. The van der Waals surface area contributed by atoms with Crippen LogP contribution in [0.2, 0.25) is 0 Å². The van der Waals surface area contributed by atoms with Crippen LogP contribution in [0.25, 0.3) is 0 Å². The maximum absolute atomic E-state index is 13.4. The summed E-state index contributed by atoms with van der Waals surface area (Å²) in [6.45, 7) is 1.17. The Balaban J connectivity index is 1.37. The highest BCUT2D eigenvalue weighted by Gasteiger charge is 2.34. The van der Waals surface area contributed by atoms with Crippen molar-refractivity contribution in [3.63, 3.8) is 0 Å². The van der Waals surface area contributed by atoms with Gasteiger partial charge in [0, 0.05) is 25.2 Å². The number of aromatic nitrogens is 3. The van der Waals surface area contributed by atoms with Crippen LogP contribution in [-0.4, -0.2) is 38.0 Å². The lowest BCUT2D eigenvalue weighted by atomic mass is 10.1. The molecule has 0 unspecified atom stereocenters. The van der Waals surface area contributed by atoms with E-state index in [1.165, 1.54) is 18.5 Å². The summed E-state index contributed by atoms with van der Waals surface area (Å²) in [7, 11) is 0. The van der Waals surface area contributed by atoms with Gasteiger partial charge < -0.3 is 10.2 Å². The predicted molar refractivity (Wildman–Crippen MR) is 104 cm³/mol. The Hall–Kier alpha value is -3.55. The van der Waals surface area contributed by atoms with Gasteiger partial charge >= 0.3 is 0 Å². The lowest BCUT2D eigenvalue weighted by Crippen LogP contribution is -2.28. The monoisotopic (exact) mass is 393 g/mol. The first kappa shape index (κ1) is 18.8. The third kappa shape index (κ3) is 4.66. The molecule has 2 amide bonds. The van der Waals surface area contributed by atoms with Gasteiger partial charge in [0.1, 0.15) is 18.5 Å². The van der Waals surface area contributed by atoms with Crippen molar-refractivity contribution in [2.24, 2.45) is 5.92 Å². The van der Waals surface area contributed by atoms with Gasteiger partial charge in [-0.05, 0) is 35.4 Å². The molecule has 0 saturated carbocycles. The number of carbonyl (C=O) groups is 2. The number of anilines is 1. The normalized spacial score (nSPS) is 16.2. The summed E-state index contributed by atoms with van der Waals surface area (Å²) < 4.78 is 15.1. The van der Waals surface area contributed by atoms with E-state index in [2.05, 4.69) is 15.4 Å². The first-order chi connectivity index (χ1) is 14.1. The molecule has 0 aliphatic carbocycles. The van der Waals surface area contributed by atoms with E-state index < -0.39 is 5.92 Å². The number of hydrogen-bond donors (Lipinski definition) is 1. The maximum Gasteiger partial charge on any atom is 0.229 e. The molecule has 8 heteroatoms. The topological polar surface area (TPSA) is 80.1 Å². The summed E-state index contributed by atoms with van der Waals surface area (Å²) in [6.07, 6.45) is 3.25. The molecule has 148 valence electrons. The molecule has 0 radical (unpaired) electrons. The van der Waals surface area contributed by atoms with Crippen LogP contribution >= 0.6 is 0 Å². The summed E-state index contributed by atoms with van der Waals surface area (Å²) in [6, 6.07) is 13.6. The van der Waals surface area contributed by atoms with Crippen LogP contribution in [0.1, 0.15) is 17.5 Å². The Bertz CT molecular complexity index is 1020. The number of hydrogen-bond acceptors (Lipinski definition) is 4. The lowest BCUT2D eigenvalue weighted by molar-refractivity contribution is -0.128. The molecule has 0 bridgehead atoms. The Morgan fingerprint density at radius 1 is 1.14 bits per heavy atom. The van der Waals surface area contributed by atoms with E-state index in [1.807, 2.05) is 24.3 Å². The highest BCUT2D eigenvalue weighted by atomic mass is 19.1. The van der Waals surface area contributed by atoms with E-state index in [1.54, 1.807) is 28.0 Å². The number of likely N-dealkylation sites (tertiary alicyclic amines) is 1. The van der Waals surface area contributed by atoms with Crippen molar-refractivity contribution in [1.82, 2.24) is 19.7 Å². The van der Waals surface area contributed by atoms with Crippen LogP contribution in [0.3, 0.4) is 0 Å². The number of nitrogens with one attached hydrogen (secondary N) is 1. The van der Waals surface area contributed by atoms with Gasteiger partial charge in [0.15, 0.2) is 0 Å². The smallest absolute Gasteiger partial charge is 0.229 e. The predicted octanol–water partition coefficient (Wildman–Crippen LogP) is 2.45. The van der Waals surface area contributed by atoms with Gasteiger partial charge in [0.05, 0.1) is 12.5 Å². The lowest BCUT2D eigenvalue weighted by Gasteiger charge is -2.17. The highest BCUT2D eigenvalue weighted by Crippen LogP contribution is 2.22. The second-order valence-corrected chi connectivity index (χ2v) is 7.09. The van der Waals surface area contributed by atoms with Crippen molar-refractivity contribution < 1.29 is 14.0 Å². The summed E-state index contributed by atoms with van der Waals surface area (Å²) in [5, 5.41) is 6.97. The van der Waals surface area contributed by atoms with E-state index >= 15 is 0 Å². The van der Waals surface area contributed by atoms with E-state index in [-0.39, 0.29) is 24.1 Å². The van der Waals surface area contributed by atoms with Crippen molar-refractivity contribution in [1.29, 1.82) is 0 Å². The molecule has 1 fully saturated rings. The van der Waals surface area contributed by atoms with Crippen LogP contribution in [0.5, 0.6) is 0 Å². The van der Waals surface area contributed by atoms with Crippen molar-refractivity contribution in [3.05, 3.63) is 78.1 Å². The van der Waals surface area contributed by atoms with Crippen LogP contribution in [0, 0.1) is 11.7 Å². The van der Waals surface area contributed by atoms with Crippen molar-refractivity contribution in [3.8, 4) is 0 Å². The van der Waals surface area contributed by atoms with E-state index in [4.69, 9.17) is 0 Å². The third-order valence-electron chi connectivity index (χ3n) is 4.85. The summed E-state index contributed by atoms with van der Waals surface area (Å²) in [5.74, 6) is -1.07. The molecular formula is C21H20FN5O2. The highest BCUT2D eigenvalue weighted by molar-refractivity contribution is 5.97. The van der Waals surface area contributed by atoms with E-state index in [0.29, 0.717) is 30.9 Å². The fraction of sp³-hybridized carbons (Fsp3) is 0.238. The number of rotatable bonds is 6. The molecule has 3 aromatic rings. The Kier molecular flexibility index (Phi) is 5.33. The van der Waals surface area contributed by atoms with E-state index in [0.717, 1.165) is 5.56 Å². The summed E-state index contributed by atoms with van der Waals surface area (Å²) in [5.41, 5.74) is 2.35. The van der Waals surface area contributed by atoms with Crippen molar-refractivity contribution >= 4 is 17.5 Å². The molecule has 1 atom stereocenters. The van der Waals surface area contributed by atoms with Gasteiger partial charge in [0.25, 0.3) is 0 Å². The number of benzene rings is 2. The Morgan fingerprint density at radius 2 is 1.93 bits per heavy atom. The van der Waals surface area contributed by atoms with Gasteiger partial charge in [-0.2, -0.15) is 5.10 Å². The van der Waals surface area contributed by atoms with Gasteiger partial charge in [0.2, 0.25) is 11.8 Å². The molecule has 1 aromatic heterocycles. The first-order valence-electron chi connectivity index (χ1n) is 9.31. The zero-order valence-corrected chi connectivity index (χ0v) is 15.7. The number of nitrogens with zero attached hydrogens (tertiary/aromatic N) is 4. The van der Waals surface area contributed by atoms with Gasteiger partial charge in [-0.15, -0.1) is 0 Å². The molecule has 1 saturated heterocycles. The Labute approximate surface area is 167 Å². The van der Waals surface area contributed by atoms with Crippen LogP contribution in [0.15, 0.2) is 61.2 Å². The standard InChI is InChI=1S/C21H20FN5O2/c22-18-5-1-3-15(7-18)10-26-12-17(9-20(26)28)21(29)25-19-6-2-4-16(8-19)11-27-14-23-13-24-27/h1-8,13-14,17H,9-12H2,(H,25,29)/t17-/m0/s1. The van der Waals surface area contributed by atoms with Gasteiger partial charge in [-0.25, -0.2) is 14.1 Å². The average Bonchev–Trinajstić information content (AvgIpc) is 3.32. The molecule has 0 spiro atoms. The van der Waals surface area contributed by atoms with Crippen molar-refractivity contribution in [2.75, 3.05) is 11.9 Å². The maximum atomic E-state index is 13.4. The van der Waals surface area contributed by atoms with Gasteiger partial charge in [-0.3, -0.25) is 9.59 Å². The number of halogens is 1. The van der Waals surface area contributed by atoms with E-state index in [9.17, 15) is 14.0 Å². The zero-order chi connectivity index (χ0) is 20.2. The van der Waals surface area contributed by atoms with Crippen LogP contribution in [0.4, 0.5) is 10.1 Å². The average molecular weight is 393 g/mol. The Morgan fingerprint density at radius 3 is 2.69 bits per heavy atom. The molecule has 2 heterocycles. The summed E-state index contributed by atoms with van der Waals surface area (Å²) in [4.78, 5) is 30.5. The first-order valence-corrected chi connectivity index (χ1v) is 9.31. The molecule has 4 rings (SSSR count). The molecule has 29 heavy (non-hydrogen) atoms. The molecule has 1 aliphatic rings. The second-order valence-electron chi connectivity index (χ2n) is 7.09. The zero-order valence-electron chi connectivity index (χ0n) is 15.7. The second kappa shape index (κ2) is 8.22. The third-order valence-corrected chi connectivity index (χ3v) is 4.85. The van der Waals surface area contributed by atoms with Crippen molar-refractivity contribution in [2.45, 2.75) is 19.5 Å². The molecule has 1 aliphatic heterocycles. The quantitative estimate of drug-likeness (QED) is 0.698. The molecular weight excluding hydrogens is 373 g/mol. The SMILES string of the molecule is O=C(Nc1cccc(Cn2cncn2)c1)[C@H]1CC(=O)N(Cc2cccc(F)c2)C1. The summed E-state index contributed by atoms with van der Waals surface area (Å²) >= 11 is 0. The fourth-order valence-electron chi connectivity index (χ4n) is 3.45. The van der Waals surface area contributed by atoms with Gasteiger partial charge in [-0.1, -0.05) is 24.3 Å². The molecule has 7 nitrogen and oxygen atoms in total. The van der Waals surface area contributed by atoms with Crippen LogP contribution < -0.4 is 5.32 Å². The fourth-order valence-corrected chi connectivity index (χ4v) is 3.45. The number of carbonyl (C=O) groups excluding carboxylic acids is 2. The minimum atomic E-state index is -0.435. The minimum Gasteiger partial charge on any atom is -0.338 e.